The molecule has 11 nitrogen and oxygen atoms in total. The van der Waals surface area contributed by atoms with E-state index in [2.05, 4.69) is 38.1 Å². The Labute approximate surface area is 218 Å². The van der Waals surface area contributed by atoms with Crippen LogP contribution >= 0.6 is 0 Å². The van der Waals surface area contributed by atoms with E-state index in [-0.39, 0.29) is 17.4 Å². The molecule has 2 aromatic heterocycles. The van der Waals surface area contributed by atoms with Crippen molar-refractivity contribution in [3.05, 3.63) is 75.7 Å². The second kappa shape index (κ2) is 9.18. The van der Waals surface area contributed by atoms with Crippen LogP contribution in [0.1, 0.15) is 16.8 Å². The summed E-state index contributed by atoms with van der Waals surface area (Å²) in [4.78, 5) is 30.7. The lowest BCUT2D eigenvalue weighted by Gasteiger charge is -2.35. The van der Waals surface area contributed by atoms with Crippen LogP contribution in [-0.2, 0) is 19.5 Å². The van der Waals surface area contributed by atoms with Crippen LogP contribution < -0.4 is 19.3 Å². The van der Waals surface area contributed by atoms with Gasteiger partial charge in [-0.15, -0.1) is 0 Å². The Bertz CT molecular complexity index is 1530. The molecule has 7 rings (SSSR count). The number of benzene rings is 2. The van der Waals surface area contributed by atoms with Crippen molar-refractivity contribution in [2.24, 2.45) is 0 Å². The smallest absolute Gasteiger partial charge is 0.353 e. The van der Waals surface area contributed by atoms with Gasteiger partial charge >= 0.3 is 5.69 Å². The molecule has 1 fully saturated rings. The summed E-state index contributed by atoms with van der Waals surface area (Å²) in [5.74, 6) is 2.33. The van der Waals surface area contributed by atoms with E-state index in [9.17, 15) is 10.1 Å². The number of hydrogen-bond donors (Lipinski definition) is 1. The Morgan fingerprint density at radius 1 is 0.947 bits per heavy atom. The van der Waals surface area contributed by atoms with Crippen LogP contribution in [-0.4, -0.2) is 64.3 Å². The van der Waals surface area contributed by atoms with Crippen molar-refractivity contribution in [1.82, 2.24) is 19.9 Å². The quantitative estimate of drug-likeness (QED) is 0.317. The number of H-pyrrole nitrogens is 1. The first-order valence-corrected chi connectivity index (χ1v) is 12.8. The largest absolute Gasteiger partial charge is 0.454 e. The van der Waals surface area contributed by atoms with E-state index >= 15 is 0 Å². The molecule has 3 aliphatic heterocycles. The molecule has 1 saturated heterocycles. The molecule has 194 valence electrons. The fourth-order valence-electron chi connectivity index (χ4n) is 5.78. The van der Waals surface area contributed by atoms with Gasteiger partial charge in [0.25, 0.3) is 0 Å². The maximum Gasteiger partial charge on any atom is 0.353 e. The van der Waals surface area contributed by atoms with Crippen molar-refractivity contribution >= 4 is 28.2 Å². The van der Waals surface area contributed by atoms with Crippen LogP contribution in [0.5, 0.6) is 11.5 Å². The molecule has 0 bridgehead atoms. The van der Waals surface area contributed by atoms with Crippen LogP contribution in [0.25, 0.3) is 10.9 Å². The standard InChI is InChI=1S/C27H27N7O4/c35-34(36)25-26(32-11-9-31(10-12-32)14-18-5-6-23-24(13-18)38-17-37-23)28-16-29-27(25)33-8-7-20-19-3-1-2-4-21(19)30-22(20)15-33/h1-6,13,16,30H,7-12,14-15,17H2. The first kappa shape index (κ1) is 22.8. The lowest BCUT2D eigenvalue weighted by Crippen LogP contribution is -2.46. The number of nitrogens with one attached hydrogen (secondary N) is 1. The number of aromatic amines is 1. The Kier molecular flexibility index (Phi) is 5.50. The summed E-state index contributed by atoms with van der Waals surface area (Å²) < 4.78 is 10.9. The van der Waals surface area contributed by atoms with E-state index < -0.39 is 0 Å². The fraction of sp³-hybridized carbons (Fsp3) is 0.333. The molecule has 38 heavy (non-hydrogen) atoms. The zero-order valence-electron chi connectivity index (χ0n) is 20.8. The highest BCUT2D eigenvalue weighted by Gasteiger charge is 2.33. The predicted octanol–water partition coefficient (Wildman–Crippen LogP) is 3.48. The highest BCUT2D eigenvalue weighted by atomic mass is 16.7. The molecule has 1 N–H and O–H groups in total. The Balaban J connectivity index is 1.09. The number of aromatic nitrogens is 3. The van der Waals surface area contributed by atoms with Crippen molar-refractivity contribution in [3.63, 3.8) is 0 Å². The zero-order valence-corrected chi connectivity index (χ0v) is 20.8. The van der Waals surface area contributed by atoms with E-state index in [0.29, 0.717) is 37.8 Å². The van der Waals surface area contributed by atoms with Gasteiger partial charge in [-0.3, -0.25) is 15.0 Å². The van der Waals surface area contributed by atoms with Gasteiger partial charge in [-0.25, -0.2) is 9.97 Å². The second-order valence-electron chi connectivity index (χ2n) is 9.88. The van der Waals surface area contributed by atoms with Crippen molar-refractivity contribution in [1.29, 1.82) is 0 Å². The van der Waals surface area contributed by atoms with Crippen LogP contribution in [0.3, 0.4) is 0 Å². The van der Waals surface area contributed by atoms with Crippen LogP contribution in [0.2, 0.25) is 0 Å². The maximum absolute atomic E-state index is 12.3. The monoisotopic (exact) mass is 513 g/mol. The minimum absolute atomic E-state index is 0.0173. The fourth-order valence-corrected chi connectivity index (χ4v) is 5.78. The number of hydrogen-bond acceptors (Lipinski definition) is 9. The summed E-state index contributed by atoms with van der Waals surface area (Å²) in [6.45, 7) is 5.09. The van der Waals surface area contributed by atoms with Gasteiger partial charge < -0.3 is 24.3 Å². The number of piperazine rings is 1. The topological polar surface area (TPSA) is 113 Å². The average Bonchev–Trinajstić information content (AvgIpc) is 3.56. The molecular weight excluding hydrogens is 486 g/mol. The summed E-state index contributed by atoms with van der Waals surface area (Å²) in [5.41, 5.74) is 4.60. The van der Waals surface area contributed by atoms with Crippen LogP contribution in [0.4, 0.5) is 17.3 Å². The van der Waals surface area contributed by atoms with Gasteiger partial charge in [-0.05, 0) is 35.7 Å². The molecule has 0 radical (unpaired) electrons. The van der Waals surface area contributed by atoms with E-state index in [1.807, 2.05) is 34.1 Å². The normalized spacial score (nSPS) is 17.2. The number of anilines is 2. The number of para-hydroxylation sites is 1. The molecule has 0 aliphatic carbocycles. The van der Waals surface area contributed by atoms with Gasteiger partial charge in [0.15, 0.2) is 11.5 Å². The number of nitro groups is 1. The third kappa shape index (κ3) is 3.95. The summed E-state index contributed by atoms with van der Waals surface area (Å²) in [6.07, 6.45) is 2.26. The van der Waals surface area contributed by atoms with Crippen LogP contribution in [0, 0.1) is 10.1 Å². The van der Waals surface area contributed by atoms with Crippen molar-refractivity contribution < 1.29 is 14.4 Å². The van der Waals surface area contributed by atoms with Gasteiger partial charge in [0.2, 0.25) is 18.4 Å². The lowest BCUT2D eigenvalue weighted by molar-refractivity contribution is -0.383. The van der Waals surface area contributed by atoms with Gasteiger partial charge in [-0.1, -0.05) is 24.3 Å². The maximum atomic E-state index is 12.3. The summed E-state index contributed by atoms with van der Waals surface area (Å²) in [7, 11) is 0. The first-order valence-electron chi connectivity index (χ1n) is 12.8. The molecule has 0 amide bonds. The number of ether oxygens (including phenoxy) is 2. The number of fused-ring (bicyclic) bond motifs is 4. The molecule has 2 aromatic carbocycles. The third-order valence-corrected chi connectivity index (χ3v) is 7.66. The van der Waals surface area contributed by atoms with E-state index in [1.54, 1.807) is 0 Å². The Morgan fingerprint density at radius 2 is 1.74 bits per heavy atom. The Hall–Kier alpha value is -4.38. The summed E-state index contributed by atoms with van der Waals surface area (Å²) in [5, 5.41) is 13.6. The Morgan fingerprint density at radius 3 is 2.58 bits per heavy atom. The molecule has 0 spiro atoms. The summed E-state index contributed by atoms with van der Waals surface area (Å²) in [6, 6.07) is 14.3. The van der Waals surface area contributed by atoms with Crippen molar-refractivity contribution in [3.8, 4) is 11.5 Å². The highest BCUT2D eigenvalue weighted by Crippen LogP contribution is 2.38. The van der Waals surface area contributed by atoms with Gasteiger partial charge in [0.1, 0.15) is 6.33 Å². The molecule has 4 aromatic rings. The van der Waals surface area contributed by atoms with E-state index in [0.717, 1.165) is 54.3 Å². The van der Waals surface area contributed by atoms with Crippen molar-refractivity contribution in [2.75, 3.05) is 49.3 Å². The highest BCUT2D eigenvalue weighted by molar-refractivity contribution is 5.85. The molecule has 0 unspecified atom stereocenters. The number of nitrogens with zero attached hydrogens (tertiary/aromatic N) is 6. The van der Waals surface area contributed by atoms with Gasteiger partial charge in [-0.2, -0.15) is 0 Å². The molecule has 0 saturated carbocycles. The minimum Gasteiger partial charge on any atom is -0.454 e. The summed E-state index contributed by atoms with van der Waals surface area (Å²) >= 11 is 0. The molecule has 11 heteroatoms. The SMILES string of the molecule is O=[N+]([O-])c1c(N2CCN(Cc3ccc4c(c3)OCO4)CC2)ncnc1N1CCc2c([nH]c3ccccc23)C1. The lowest BCUT2D eigenvalue weighted by atomic mass is 10.0. The molecule has 3 aliphatic rings. The first-order chi connectivity index (χ1) is 18.6. The van der Waals surface area contributed by atoms with Crippen molar-refractivity contribution in [2.45, 2.75) is 19.5 Å². The average molecular weight is 514 g/mol. The van der Waals surface area contributed by atoms with Gasteiger partial charge in [0.05, 0.1) is 11.5 Å². The zero-order chi connectivity index (χ0) is 25.6. The van der Waals surface area contributed by atoms with Gasteiger partial charge in [0, 0.05) is 55.9 Å². The van der Waals surface area contributed by atoms with Crippen LogP contribution in [0.15, 0.2) is 48.8 Å². The third-order valence-electron chi connectivity index (χ3n) is 7.66. The van der Waals surface area contributed by atoms with E-state index in [4.69, 9.17) is 9.47 Å². The minimum atomic E-state index is -0.329. The second-order valence-corrected chi connectivity index (χ2v) is 9.88. The van der Waals surface area contributed by atoms with E-state index in [1.165, 1.54) is 17.3 Å². The molecule has 5 heterocycles. The molecular formula is C27H27N7O4. The number of rotatable bonds is 5. The molecule has 0 atom stereocenters. The predicted molar refractivity (Wildman–Crippen MR) is 142 cm³/mol.